The summed E-state index contributed by atoms with van der Waals surface area (Å²) in [6, 6.07) is 10.7. The molecule has 0 radical (unpaired) electrons. The number of hydrogen-bond donors (Lipinski definition) is 6. The number of aliphatic carboxylic acids is 2. The number of hydrogen-bond acceptors (Lipinski definition) is 6. The van der Waals surface area contributed by atoms with Crippen LogP contribution in [0.25, 0.3) is 0 Å². The molecular formula is C22H25N3O7. The van der Waals surface area contributed by atoms with Crippen molar-refractivity contribution < 1.29 is 34.5 Å². The Kier molecular flexibility index (Phi) is 8.72. The fraction of sp³-hybridized carbons (Fsp3) is 0.273. The molecule has 7 N–H and O–H groups in total. The predicted molar refractivity (Wildman–Crippen MR) is 114 cm³/mol. The molecular weight excluding hydrogens is 418 g/mol. The topological polar surface area (TPSA) is 179 Å². The van der Waals surface area contributed by atoms with Crippen LogP contribution in [0.5, 0.6) is 5.75 Å². The molecule has 10 nitrogen and oxygen atoms in total. The van der Waals surface area contributed by atoms with Crippen LogP contribution in [0.3, 0.4) is 0 Å². The molecule has 170 valence electrons. The standard InChI is InChI=1S/C22H25N3O7/c23-16(10-14-6-8-15(26)9-7-14)20(29)24-17(12-19(27)28)21(30)25-18(22(31)32)11-13-4-2-1-3-5-13/h1-9,16-18,26H,10-12,23H2,(H,24,29)(H,25,30)(H,27,28)(H,31,32). The number of nitrogens with one attached hydrogen (secondary N) is 2. The molecule has 0 spiro atoms. The van der Waals surface area contributed by atoms with Crippen molar-refractivity contribution in [2.24, 2.45) is 5.73 Å². The van der Waals surface area contributed by atoms with Gasteiger partial charge in [0.2, 0.25) is 11.8 Å². The van der Waals surface area contributed by atoms with Crippen LogP contribution < -0.4 is 16.4 Å². The number of rotatable bonds is 11. The van der Waals surface area contributed by atoms with Gasteiger partial charge in [-0.2, -0.15) is 0 Å². The SMILES string of the molecule is NC(Cc1ccc(O)cc1)C(=O)NC(CC(=O)O)C(=O)NC(Cc1ccccc1)C(=O)O. The fourth-order valence-electron chi connectivity index (χ4n) is 2.96. The van der Waals surface area contributed by atoms with E-state index >= 15 is 0 Å². The van der Waals surface area contributed by atoms with E-state index < -0.39 is 48.3 Å². The van der Waals surface area contributed by atoms with E-state index in [1.165, 1.54) is 12.1 Å². The second-order valence-corrected chi connectivity index (χ2v) is 7.23. The highest BCUT2D eigenvalue weighted by molar-refractivity contribution is 5.94. The lowest BCUT2D eigenvalue weighted by Gasteiger charge is -2.22. The van der Waals surface area contributed by atoms with Crippen LogP contribution in [-0.4, -0.2) is 57.2 Å². The predicted octanol–water partition coefficient (Wildman–Crippen LogP) is 0.0336. The van der Waals surface area contributed by atoms with Gasteiger partial charge in [0.15, 0.2) is 0 Å². The van der Waals surface area contributed by atoms with E-state index in [1.54, 1.807) is 42.5 Å². The van der Waals surface area contributed by atoms with Gasteiger partial charge < -0.3 is 31.7 Å². The Bertz CT molecular complexity index is 948. The lowest BCUT2D eigenvalue weighted by molar-refractivity contribution is -0.143. The Morgan fingerprint density at radius 1 is 0.781 bits per heavy atom. The zero-order valence-corrected chi connectivity index (χ0v) is 17.1. The summed E-state index contributed by atoms with van der Waals surface area (Å²) in [5.74, 6) is -4.32. The number of aromatic hydroxyl groups is 1. The maximum atomic E-state index is 12.6. The van der Waals surface area contributed by atoms with Gasteiger partial charge in [-0.15, -0.1) is 0 Å². The van der Waals surface area contributed by atoms with E-state index in [1.807, 2.05) is 0 Å². The average molecular weight is 443 g/mol. The van der Waals surface area contributed by atoms with Crippen molar-refractivity contribution in [1.82, 2.24) is 10.6 Å². The van der Waals surface area contributed by atoms with E-state index in [-0.39, 0.29) is 18.6 Å². The molecule has 0 bridgehead atoms. The van der Waals surface area contributed by atoms with E-state index in [4.69, 9.17) is 10.8 Å². The third kappa shape index (κ3) is 7.73. The van der Waals surface area contributed by atoms with Crippen LogP contribution >= 0.6 is 0 Å². The molecule has 32 heavy (non-hydrogen) atoms. The van der Waals surface area contributed by atoms with Crippen molar-refractivity contribution in [2.45, 2.75) is 37.4 Å². The number of phenolic OH excluding ortho intramolecular Hbond substituents is 1. The number of carbonyl (C=O) groups excluding carboxylic acids is 2. The van der Waals surface area contributed by atoms with Crippen molar-refractivity contribution in [3.63, 3.8) is 0 Å². The molecule has 0 aliphatic carbocycles. The maximum Gasteiger partial charge on any atom is 0.326 e. The normalized spacial score (nSPS) is 13.4. The molecule has 0 saturated heterocycles. The minimum Gasteiger partial charge on any atom is -0.508 e. The summed E-state index contributed by atoms with van der Waals surface area (Å²) >= 11 is 0. The molecule has 0 aliphatic rings. The number of nitrogens with two attached hydrogens (primary N) is 1. The summed E-state index contributed by atoms with van der Waals surface area (Å²) in [4.78, 5) is 47.8. The molecule has 0 fully saturated rings. The van der Waals surface area contributed by atoms with Crippen LogP contribution in [0.2, 0.25) is 0 Å². The molecule has 2 rings (SSSR count). The number of carbonyl (C=O) groups is 4. The quantitative estimate of drug-likeness (QED) is 0.281. The van der Waals surface area contributed by atoms with Crippen LogP contribution in [0.1, 0.15) is 17.5 Å². The van der Waals surface area contributed by atoms with Gasteiger partial charge in [-0.1, -0.05) is 42.5 Å². The van der Waals surface area contributed by atoms with Crippen molar-refractivity contribution in [2.75, 3.05) is 0 Å². The fourth-order valence-corrected chi connectivity index (χ4v) is 2.96. The Balaban J connectivity index is 2.05. The van der Waals surface area contributed by atoms with E-state index in [2.05, 4.69) is 10.6 Å². The number of carboxylic acids is 2. The molecule has 0 aromatic heterocycles. The van der Waals surface area contributed by atoms with Gasteiger partial charge in [0, 0.05) is 6.42 Å². The molecule has 10 heteroatoms. The third-order valence-corrected chi connectivity index (χ3v) is 4.64. The molecule has 2 aromatic rings. The highest BCUT2D eigenvalue weighted by Crippen LogP contribution is 2.11. The number of carboxylic acid groups (broad SMARTS) is 2. The summed E-state index contributed by atoms with van der Waals surface area (Å²) in [7, 11) is 0. The van der Waals surface area contributed by atoms with Gasteiger partial charge in [0.25, 0.3) is 0 Å². The first-order chi connectivity index (χ1) is 15.2. The lowest BCUT2D eigenvalue weighted by Crippen LogP contribution is -2.55. The van der Waals surface area contributed by atoms with E-state index in [0.29, 0.717) is 11.1 Å². The van der Waals surface area contributed by atoms with Crippen LogP contribution in [0.15, 0.2) is 54.6 Å². The average Bonchev–Trinajstić information content (AvgIpc) is 2.74. The molecule has 3 unspecified atom stereocenters. The number of phenols is 1. The summed E-state index contributed by atoms with van der Waals surface area (Å²) in [6.45, 7) is 0. The summed E-state index contributed by atoms with van der Waals surface area (Å²) in [6.07, 6.45) is -0.684. The first-order valence-corrected chi connectivity index (χ1v) is 9.78. The first kappa shape index (κ1) is 24.4. The second kappa shape index (κ2) is 11.5. The molecule has 2 aromatic carbocycles. The van der Waals surface area contributed by atoms with E-state index in [9.17, 15) is 29.4 Å². The van der Waals surface area contributed by atoms with Gasteiger partial charge in [0.05, 0.1) is 12.5 Å². The van der Waals surface area contributed by atoms with Gasteiger partial charge in [-0.05, 0) is 29.7 Å². The van der Waals surface area contributed by atoms with Gasteiger partial charge in [-0.3, -0.25) is 14.4 Å². The Hall–Kier alpha value is -3.92. The number of amides is 2. The second-order valence-electron chi connectivity index (χ2n) is 7.23. The number of benzene rings is 2. The molecule has 2 amide bonds. The highest BCUT2D eigenvalue weighted by atomic mass is 16.4. The summed E-state index contributed by atoms with van der Waals surface area (Å²) in [5, 5.41) is 32.5. The van der Waals surface area contributed by atoms with Gasteiger partial charge >= 0.3 is 11.9 Å². The largest absolute Gasteiger partial charge is 0.508 e. The van der Waals surface area contributed by atoms with Gasteiger partial charge in [0.1, 0.15) is 17.8 Å². The Labute approximate surface area is 184 Å². The highest BCUT2D eigenvalue weighted by Gasteiger charge is 2.29. The van der Waals surface area contributed by atoms with Crippen molar-refractivity contribution >= 4 is 23.8 Å². The monoisotopic (exact) mass is 443 g/mol. The summed E-state index contributed by atoms with van der Waals surface area (Å²) < 4.78 is 0. The summed E-state index contributed by atoms with van der Waals surface area (Å²) in [5.41, 5.74) is 7.18. The smallest absolute Gasteiger partial charge is 0.326 e. The van der Waals surface area contributed by atoms with Crippen molar-refractivity contribution in [1.29, 1.82) is 0 Å². The zero-order chi connectivity index (χ0) is 23.7. The molecule has 0 aliphatic heterocycles. The Morgan fingerprint density at radius 3 is 1.91 bits per heavy atom. The minimum absolute atomic E-state index is 0.0178. The third-order valence-electron chi connectivity index (χ3n) is 4.64. The Morgan fingerprint density at radius 2 is 1.34 bits per heavy atom. The molecule has 0 saturated carbocycles. The lowest BCUT2D eigenvalue weighted by atomic mass is 10.0. The maximum absolute atomic E-state index is 12.6. The van der Waals surface area contributed by atoms with Crippen LogP contribution in [0.4, 0.5) is 0 Å². The minimum atomic E-state index is -1.51. The van der Waals surface area contributed by atoms with Crippen LogP contribution in [0, 0.1) is 0 Å². The van der Waals surface area contributed by atoms with Crippen molar-refractivity contribution in [3.8, 4) is 5.75 Å². The zero-order valence-electron chi connectivity index (χ0n) is 17.1. The van der Waals surface area contributed by atoms with Crippen molar-refractivity contribution in [3.05, 3.63) is 65.7 Å². The molecule has 3 atom stereocenters. The van der Waals surface area contributed by atoms with Gasteiger partial charge in [-0.25, -0.2) is 4.79 Å². The first-order valence-electron chi connectivity index (χ1n) is 9.78. The van der Waals surface area contributed by atoms with Crippen LogP contribution in [-0.2, 0) is 32.0 Å². The molecule has 0 heterocycles. The van der Waals surface area contributed by atoms with E-state index in [0.717, 1.165) is 0 Å².